The van der Waals surface area contributed by atoms with Gasteiger partial charge in [-0.15, -0.1) is 12.8 Å². The van der Waals surface area contributed by atoms with Gasteiger partial charge < -0.3 is 66.8 Å². The van der Waals surface area contributed by atoms with Crippen molar-refractivity contribution < 1.29 is 84.2 Å². The third kappa shape index (κ3) is 11.0. The molecule has 5 N–H and O–H groups in total. The number of carbonyl (C=O) groups excluding carboxylic acids is 3. The minimum atomic E-state index is -1.80. The van der Waals surface area contributed by atoms with Crippen molar-refractivity contribution in [3.63, 3.8) is 0 Å². The molecule has 28 nitrogen and oxygen atoms in total. The number of nitrogen functional groups attached to an aromatic ring is 1. The number of aryl methyl sites for hydroxylation is 2. The van der Waals surface area contributed by atoms with Gasteiger partial charge in [-0.3, -0.25) is 14.5 Å². The first kappa shape index (κ1) is 50.4. The predicted molar refractivity (Wildman–Crippen MR) is 226 cm³/mol. The first-order valence-electron chi connectivity index (χ1n) is 20.5. The van der Waals surface area contributed by atoms with Crippen molar-refractivity contribution in [2.24, 2.45) is 0 Å². The predicted octanol–water partition coefficient (Wildman–Crippen LogP) is 2.58. The first-order valence-corrected chi connectivity index (χ1v) is 20.5. The number of nitrogens with zero attached hydrogens (tertiary/aromatic N) is 8. The maximum atomic E-state index is 14.3. The Morgan fingerprint density at radius 3 is 1.66 bits per heavy atom. The Bertz CT molecular complexity index is 3200. The van der Waals surface area contributed by atoms with Crippen molar-refractivity contribution in [3.8, 4) is 24.7 Å². The summed E-state index contributed by atoms with van der Waals surface area (Å²) in [5.74, 6) is 2.54. The van der Waals surface area contributed by atoms with E-state index in [1.165, 1.54) is 35.6 Å². The summed E-state index contributed by atoms with van der Waals surface area (Å²) in [5.41, 5.74) is 1.42. The van der Waals surface area contributed by atoms with Crippen molar-refractivity contribution in [2.75, 3.05) is 24.3 Å². The Balaban J connectivity index is 0.000000213. The van der Waals surface area contributed by atoms with Gasteiger partial charge in [0.15, 0.2) is 81.4 Å². The number of nitrogens with two attached hydrogens (primary N) is 1. The number of imidazole rings is 2. The fraction of sp³-hybridized carbons (Fsp3) is 0.439. The molecule has 0 bridgehead atoms. The lowest BCUT2D eigenvalue weighted by Gasteiger charge is -2.25. The molecule has 2 aliphatic heterocycles. The number of nitrogens with one attached hydrogen (secondary N) is 1. The van der Waals surface area contributed by atoms with Crippen LogP contribution in [0.3, 0.4) is 0 Å². The summed E-state index contributed by atoms with van der Waals surface area (Å²) in [6.45, 7) is 5.81. The van der Waals surface area contributed by atoms with Crippen LogP contribution in [0.25, 0.3) is 22.3 Å². The quantitative estimate of drug-likeness (QED) is 0.0627. The van der Waals surface area contributed by atoms with Gasteiger partial charge in [0, 0.05) is 12.8 Å². The molecule has 0 aromatic carbocycles. The molecule has 6 aromatic rings. The summed E-state index contributed by atoms with van der Waals surface area (Å²) in [7, 11) is 0. The zero-order valence-corrected chi connectivity index (χ0v) is 37.7. The maximum Gasteiger partial charge on any atom is 0.519 e. The average Bonchev–Trinajstić information content (AvgIpc) is 4.15. The van der Waals surface area contributed by atoms with Crippen LogP contribution in [0, 0.1) is 50.7 Å². The number of aliphatic hydroxyl groups excluding tert-OH is 2. The number of halogens is 2. The van der Waals surface area contributed by atoms with E-state index in [1.807, 2.05) is 0 Å². The molecule has 0 spiro atoms. The van der Waals surface area contributed by atoms with Gasteiger partial charge in [-0.25, -0.2) is 33.9 Å². The molecule has 0 unspecified atom stereocenters. The van der Waals surface area contributed by atoms with Gasteiger partial charge in [-0.05, 0) is 34.6 Å². The highest BCUT2D eigenvalue weighted by molar-refractivity contribution is 5.93. The zero-order chi connectivity index (χ0) is 51.6. The molecule has 0 saturated carbocycles. The second-order valence-corrected chi connectivity index (χ2v) is 16.2. The van der Waals surface area contributed by atoms with Gasteiger partial charge in [0.25, 0.3) is 0 Å². The fourth-order valence-electron chi connectivity index (χ4n) is 6.83. The molecule has 2 saturated heterocycles. The molecule has 0 radical (unpaired) electrons. The number of terminal acetylenes is 2. The van der Waals surface area contributed by atoms with Crippen LogP contribution in [0.2, 0.25) is 0 Å². The number of ether oxygens (including phenoxy) is 7. The number of amides is 1. The fourth-order valence-corrected chi connectivity index (χ4v) is 6.83. The Kier molecular flexibility index (Phi) is 14.1. The van der Waals surface area contributed by atoms with Gasteiger partial charge >= 0.3 is 42.2 Å². The van der Waals surface area contributed by atoms with Crippen LogP contribution >= 0.6 is 0 Å². The van der Waals surface area contributed by atoms with E-state index in [1.54, 1.807) is 20.8 Å². The van der Waals surface area contributed by atoms with Crippen molar-refractivity contribution in [3.05, 3.63) is 69.1 Å². The van der Waals surface area contributed by atoms with E-state index in [0.717, 1.165) is 0 Å². The number of aliphatic hydroxyl groups is 2. The van der Waals surface area contributed by atoms with Crippen molar-refractivity contribution in [2.45, 2.75) is 102 Å². The smallest absolute Gasteiger partial charge is 0.444 e. The summed E-state index contributed by atoms with van der Waals surface area (Å²) in [5, 5.41) is 23.6. The van der Waals surface area contributed by atoms with Crippen LogP contribution < -0.4 is 22.7 Å². The summed E-state index contributed by atoms with van der Waals surface area (Å²) in [6.07, 6.45) is 3.53. The van der Waals surface area contributed by atoms with Crippen LogP contribution in [0.1, 0.15) is 69.1 Å². The van der Waals surface area contributed by atoms with Crippen LogP contribution in [-0.2, 0) is 46.4 Å². The van der Waals surface area contributed by atoms with E-state index in [2.05, 4.69) is 55.9 Å². The number of fused-ring (bicyclic) bond motifs is 2. The second kappa shape index (κ2) is 19.9. The van der Waals surface area contributed by atoms with E-state index < -0.39 is 110 Å². The molecular weight excluding hydrogens is 958 g/mol. The van der Waals surface area contributed by atoms with Gasteiger partial charge in [-0.1, -0.05) is 11.8 Å². The highest BCUT2D eigenvalue weighted by Gasteiger charge is 2.51. The lowest BCUT2D eigenvalue weighted by Crippen LogP contribution is -2.43. The standard InChI is InChI=1S/C23H24FN5O10.C18H16FN5O8/c1-6-23(9-35-20(32)34-8-12-11(2)36-21(33)37-12)13(30)7-14(38-23)29-10-25-15-16(26-18(24)28-17(15)29)27-19(31)39-22(3,4)5;1-3-18(6-29-16(26)28-5-9-8(2)30-17(27)31-9)10(25)4-11(32-18)24-7-21-12-13(20)22-15(19)23-14(12)24/h1,10,13-14,30H,7-9H2,2-5H3,(H,26,27,28,31);1,7,10-11,25H,4-6H2,2H3,(H2,20,22,23)/t13-,14+,23+;10-,11+,18+/m00/s1. The minimum absolute atomic E-state index is 0.0105. The average molecular weight is 999 g/mol. The number of anilines is 2. The maximum absolute atomic E-state index is 14.3. The summed E-state index contributed by atoms with van der Waals surface area (Å²) < 4.78 is 85.8. The molecule has 6 atom stereocenters. The Morgan fingerprint density at radius 1 is 0.775 bits per heavy atom. The molecule has 71 heavy (non-hydrogen) atoms. The highest BCUT2D eigenvalue weighted by Crippen LogP contribution is 2.40. The topological polar surface area (TPSA) is 368 Å². The van der Waals surface area contributed by atoms with Crippen molar-refractivity contribution >= 4 is 52.4 Å². The highest BCUT2D eigenvalue weighted by atomic mass is 19.1. The lowest BCUT2D eigenvalue weighted by atomic mass is 9.99. The Morgan fingerprint density at radius 2 is 1.23 bits per heavy atom. The zero-order valence-electron chi connectivity index (χ0n) is 37.7. The van der Waals surface area contributed by atoms with Crippen LogP contribution in [-0.4, -0.2) is 110 Å². The molecule has 8 rings (SSSR count). The molecule has 6 aromatic heterocycles. The van der Waals surface area contributed by atoms with E-state index in [4.69, 9.17) is 60.6 Å². The molecule has 2 aliphatic rings. The number of hydrogen-bond donors (Lipinski definition) is 4. The van der Waals surface area contributed by atoms with Crippen LogP contribution in [0.5, 0.6) is 0 Å². The number of hydrogen-bond acceptors (Lipinski definition) is 25. The van der Waals surface area contributed by atoms with Gasteiger partial charge in [0.05, 0.1) is 12.7 Å². The van der Waals surface area contributed by atoms with Crippen molar-refractivity contribution in [1.82, 2.24) is 39.0 Å². The SMILES string of the molecule is C#C[C@]1(COC(=O)OCc2oc(=O)oc2C)O[C@@H](n2cnc3c(N)nc(F)nc32)C[C@@H]1O.C#C[C@]1(COC(=O)OCc2oc(=O)oc2C)O[C@@H](n2cnc3c(NC(=O)OC(C)(C)C)nc(F)nc32)C[C@@H]1O. The number of aromatic nitrogens is 8. The largest absolute Gasteiger partial charge is 0.519 e. The molecule has 0 aliphatic carbocycles. The third-order valence-corrected chi connectivity index (χ3v) is 10.3. The summed E-state index contributed by atoms with van der Waals surface area (Å²) in [4.78, 5) is 80.8. The number of rotatable bonds is 11. The normalized spacial score (nSPS) is 21.7. The van der Waals surface area contributed by atoms with Gasteiger partial charge in [0.1, 0.15) is 43.5 Å². The van der Waals surface area contributed by atoms with E-state index >= 15 is 0 Å². The second-order valence-electron chi connectivity index (χ2n) is 16.2. The summed E-state index contributed by atoms with van der Waals surface area (Å²) in [6, 6.07) is 0. The molecule has 2 fully saturated rings. The molecular formula is C41H40F2N10O18. The number of carbonyl (C=O) groups is 3. The van der Waals surface area contributed by atoms with E-state index in [0.29, 0.717) is 0 Å². The third-order valence-electron chi connectivity index (χ3n) is 10.3. The van der Waals surface area contributed by atoms with E-state index in [-0.39, 0.29) is 69.8 Å². The minimum Gasteiger partial charge on any atom is -0.444 e. The van der Waals surface area contributed by atoms with E-state index in [9.17, 15) is 43.0 Å². The molecule has 8 heterocycles. The monoisotopic (exact) mass is 998 g/mol. The molecule has 1 amide bonds. The van der Waals surface area contributed by atoms with Gasteiger partial charge in [-0.2, -0.15) is 28.7 Å². The van der Waals surface area contributed by atoms with Crippen LogP contribution in [0.15, 0.2) is 39.9 Å². The molecule has 30 heteroatoms. The first-order chi connectivity index (χ1) is 33.5. The van der Waals surface area contributed by atoms with Crippen LogP contribution in [0.4, 0.5) is 34.8 Å². The molecule has 376 valence electrons. The summed E-state index contributed by atoms with van der Waals surface area (Å²) >= 11 is 0. The lowest BCUT2D eigenvalue weighted by molar-refractivity contribution is -0.0987. The van der Waals surface area contributed by atoms with Crippen molar-refractivity contribution in [1.29, 1.82) is 0 Å². The van der Waals surface area contributed by atoms with Gasteiger partial charge in [0.2, 0.25) is 0 Å². The Labute approximate surface area is 395 Å². The Hall–Kier alpha value is -8.45.